The summed E-state index contributed by atoms with van der Waals surface area (Å²) in [6, 6.07) is 4.19. The number of halogens is 2. The van der Waals surface area contributed by atoms with E-state index in [1.165, 1.54) is 12.1 Å². The molecular weight excluding hydrogens is 225 g/mol. The first kappa shape index (κ1) is 9.19. The number of rotatable bonds is 1. The minimum Gasteiger partial charge on any atom is -0.411 e. The Kier molecular flexibility index (Phi) is 2.81. The van der Waals surface area contributed by atoms with E-state index in [0.29, 0.717) is 15.7 Å². The number of hydrogen-bond donors (Lipinski definition) is 1. The maximum atomic E-state index is 12.6. The molecule has 0 aromatic heterocycles. The van der Waals surface area contributed by atoms with Gasteiger partial charge in [0, 0.05) is 10.0 Å². The van der Waals surface area contributed by atoms with Crippen LogP contribution in [0, 0.1) is 5.82 Å². The van der Waals surface area contributed by atoms with E-state index in [0.717, 1.165) is 0 Å². The van der Waals surface area contributed by atoms with Crippen LogP contribution in [0.4, 0.5) is 4.39 Å². The Bertz CT molecular complexity index is 325. The van der Waals surface area contributed by atoms with Crippen LogP contribution in [0.15, 0.2) is 27.8 Å². The molecule has 0 saturated carbocycles. The average molecular weight is 232 g/mol. The SMILES string of the molecule is CC(=NO)c1ccc(F)cc1Br. The summed E-state index contributed by atoms with van der Waals surface area (Å²) >= 11 is 3.16. The highest BCUT2D eigenvalue weighted by Crippen LogP contribution is 2.18. The Labute approximate surface area is 77.8 Å². The van der Waals surface area contributed by atoms with Gasteiger partial charge in [-0.15, -0.1) is 0 Å². The zero-order valence-electron chi connectivity index (χ0n) is 6.38. The van der Waals surface area contributed by atoms with Gasteiger partial charge < -0.3 is 5.21 Å². The number of nitrogens with zero attached hydrogens (tertiary/aromatic N) is 1. The summed E-state index contributed by atoms with van der Waals surface area (Å²) in [5.41, 5.74) is 1.13. The van der Waals surface area contributed by atoms with Crippen LogP contribution in [0.25, 0.3) is 0 Å². The van der Waals surface area contributed by atoms with Gasteiger partial charge in [0.2, 0.25) is 0 Å². The molecule has 12 heavy (non-hydrogen) atoms. The highest BCUT2D eigenvalue weighted by Gasteiger charge is 2.04. The average Bonchev–Trinajstić information content (AvgIpc) is 2.03. The lowest BCUT2D eigenvalue weighted by Crippen LogP contribution is -1.95. The molecule has 4 heteroatoms. The lowest BCUT2D eigenvalue weighted by Gasteiger charge is -2.01. The topological polar surface area (TPSA) is 32.6 Å². The van der Waals surface area contributed by atoms with E-state index in [2.05, 4.69) is 21.1 Å². The first-order valence-electron chi connectivity index (χ1n) is 3.29. The van der Waals surface area contributed by atoms with Crippen LogP contribution in [0.3, 0.4) is 0 Å². The van der Waals surface area contributed by atoms with Gasteiger partial charge in [-0.2, -0.15) is 0 Å². The second kappa shape index (κ2) is 3.67. The minimum atomic E-state index is -0.323. The molecule has 64 valence electrons. The molecule has 0 atom stereocenters. The van der Waals surface area contributed by atoms with Crippen molar-refractivity contribution in [3.8, 4) is 0 Å². The molecule has 1 aromatic rings. The van der Waals surface area contributed by atoms with Crippen LogP contribution in [-0.2, 0) is 0 Å². The summed E-state index contributed by atoms with van der Waals surface area (Å²) in [5.74, 6) is -0.323. The predicted molar refractivity (Wildman–Crippen MR) is 48.1 cm³/mol. The van der Waals surface area contributed by atoms with Crippen LogP contribution in [0.5, 0.6) is 0 Å². The van der Waals surface area contributed by atoms with E-state index in [4.69, 9.17) is 5.21 Å². The molecule has 0 radical (unpaired) electrons. The van der Waals surface area contributed by atoms with Crippen LogP contribution >= 0.6 is 15.9 Å². The zero-order valence-corrected chi connectivity index (χ0v) is 7.97. The lowest BCUT2D eigenvalue weighted by atomic mass is 10.1. The van der Waals surface area contributed by atoms with Gasteiger partial charge in [-0.1, -0.05) is 21.1 Å². The molecule has 1 N–H and O–H groups in total. The van der Waals surface area contributed by atoms with Crippen molar-refractivity contribution in [2.75, 3.05) is 0 Å². The summed E-state index contributed by atoms with van der Waals surface area (Å²) in [6.45, 7) is 1.64. The largest absolute Gasteiger partial charge is 0.411 e. The minimum absolute atomic E-state index is 0.323. The Morgan fingerprint density at radius 1 is 1.58 bits per heavy atom. The van der Waals surface area contributed by atoms with Crippen LogP contribution in [0.1, 0.15) is 12.5 Å². The maximum absolute atomic E-state index is 12.6. The van der Waals surface area contributed by atoms with Gasteiger partial charge >= 0.3 is 0 Å². The second-order valence-electron chi connectivity index (χ2n) is 2.31. The van der Waals surface area contributed by atoms with Crippen molar-refractivity contribution < 1.29 is 9.60 Å². The molecular formula is C8H7BrFNO. The van der Waals surface area contributed by atoms with E-state index < -0.39 is 0 Å². The third-order valence-corrected chi connectivity index (χ3v) is 2.13. The monoisotopic (exact) mass is 231 g/mol. The fraction of sp³-hybridized carbons (Fsp3) is 0.125. The standard InChI is InChI=1S/C8H7BrFNO/c1-5(11-12)7-3-2-6(10)4-8(7)9/h2-4,12H,1H3. The number of oxime groups is 1. The Morgan fingerprint density at radius 2 is 2.25 bits per heavy atom. The van der Waals surface area contributed by atoms with E-state index >= 15 is 0 Å². The summed E-state index contributed by atoms with van der Waals surface area (Å²) in [7, 11) is 0. The first-order valence-corrected chi connectivity index (χ1v) is 4.08. The maximum Gasteiger partial charge on any atom is 0.124 e. The molecule has 0 spiro atoms. The number of hydrogen-bond acceptors (Lipinski definition) is 2. The molecule has 2 nitrogen and oxygen atoms in total. The van der Waals surface area contributed by atoms with Crippen LogP contribution < -0.4 is 0 Å². The van der Waals surface area contributed by atoms with Gasteiger partial charge in [0.1, 0.15) is 5.82 Å². The quantitative estimate of drug-likeness (QED) is 0.450. The number of benzene rings is 1. The molecule has 1 aromatic carbocycles. The smallest absolute Gasteiger partial charge is 0.124 e. The Hall–Kier alpha value is -0.900. The fourth-order valence-electron chi connectivity index (χ4n) is 0.837. The Balaban J connectivity index is 3.18. The molecule has 1 rings (SSSR count). The molecule has 0 saturated heterocycles. The molecule has 0 bridgehead atoms. The van der Waals surface area contributed by atoms with Crippen molar-refractivity contribution in [3.05, 3.63) is 34.1 Å². The highest BCUT2D eigenvalue weighted by molar-refractivity contribution is 9.10. The normalized spacial score (nSPS) is 11.8. The van der Waals surface area contributed by atoms with Crippen LogP contribution in [0.2, 0.25) is 0 Å². The molecule has 0 aliphatic heterocycles. The summed E-state index contributed by atoms with van der Waals surface area (Å²) in [5, 5.41) is 11.5. The fourth-order valence-corrected chi connectivity index (χ4v) is 1.47. The summed E-state index contributed by atoms with van der Waals surface area (Å²) in [4.78, 5) is 0. The van der Waals surface area contributed by atoms with Gasteiger partial charge in [-0.25, -0.2) is 4.39 Å². The lowest BCUT2D eigenvalue weighted by molar-refractivity contribution is 0.319. The van der Waals surface area contributed by atoms with E-state index in [1.54, 1.807) is 13.0 Å². The van der Waals surface area contributed by atoms with Crippen molar-refractivity contribution in [1.29, 1.82) is 0 Å². The molecule has 0 aliphatic carbocycles. The Morgan fingerprint density at radius 3 is 2.75 bits per heavy atom. The van der Waals surface area contributed by atoms with Crippen LogP contribution in [-0.4, -0.2) is 10.9 Å². The van der Waals surface area contributed by atoms with Gasteiger partial charge in [-0.3, -0.25) is 0 Å². The second-order valence-corrected chi connectivity index (χ2v) is 3.16. The van der Waals surface area contributed by atoms with Crippen molar-refractivity contribution in [2.45, 2.75) is 6.92 Å². The highest BCUT2D eigenvalue weighted by atomic mass is 79.9. The van der Waals surface area contributed by atoms with Crippen molar-refractivity contribution >= 4 is 21.6 Å². The van der Waals surface area contributed by atoms with Crippen molar-refractivity contribution in [3.63, 3.8) is 0 Å². The molecule has 0 fully saturated rings. The molecule has 0 unspecified atom stereocenters. The molecule has 0 heterocycles. The van der Waals surface area contributed by atoms with Gasteiger partial charge in [0.05, 0.1) is 5.71 Å². The van der Waals surface area contributed by atoms with Gasteiger partial charge in [0.15, 0.2) is 0 Å². The third kappa shape index (κ3) is 1.82. The van der Waals surface area contributed by atoms with E-state index in [1.807, 2.05) is 0 Å². The summed E-state index contributed by atoms with van der Waals surface area (Å²) in [6.07, 6.45) is 0. The summed E-state index contributed by atoms with van der Waals surface area (Å²) < 4.78 is 13.2. The van der Waals surface area contributed by atoms with E-state index in [-0.39, 0.29) is 5.82 Å². The molecule has 0 amide bonds. The predicted octanol–water partition coefficient (Wildman–Crippen LogP) is 2.79. The third-order valence-electron chi connectivity index (χ3n) is 1.47. The first-order chi connectivity index (χ1) is 5.65. The molecule has 0 aliphatic rings. The van der Waals surface area contributed by atoms with Crippen molar-refractivity contribution in [1.82, 2.24) is 0 Å². The zero-order chi connectivity index (χ0) is 9.14. The van der Waals surface area contributed by atoms with E-state index in [9.17, 15) is 4.39 Å². The van der Waals surface area contributed by atoms with Gasteiger partial charge in [-0.05, 0) is 25.1 Å². The van der Waals surface area contributed by atoms with Gasteiger partial charge in [0.25, 0.3) is 0 Å². The van der Waals surface area contributed by atoms with Crippen molar-refractivity contribution in [2.24, 2.45) is 5.16 Å².